The first-order chi connectivity index (χ1) is 7.58. The summed E-state index contributed by atoms with van der Waals surface area (Å²) in [7, 11) is 1.43. The summed E-state index contributed by atoms with van der Waals surface area (Å²) in [6, 6.07) is 4.71. The van der Waals surface area contributed by atoms with Crippen LogP contribution in [0, 0.1) is 6.92 Å². The van der Waals surface area contributed by atoms with Crippen molar-refractivity contribution < 1.29 is 14.6 Å². The smallest absolute Gasteiger partial charge is 0.254 e. The molecule has 0 spiro atoms. The number of benzene rings is 1. The number of rotatable bonds is 4. The van der Waals surface area contributed by atoms with Gasteiger partial charge in [-0.3, -0.25) is 4.79 Å². The van der Waals surface area contributed by atoms with E-state index in [2.05, 4.69) is 5.32 Å². The largest absolute Gasteiger partial charge is 0.508 e. The van der Waals surface area contributed by atoms with Crippen LogP contribution in [-0.4, -0.2) is 30.8 Å². The van der Waals surface area contributed by atoms with E-state index in [-0.39, 0.29) is 18.2 Å². The third kappa shape index (κ3) is 2.95. The number of phenols is 1. The van der Waals surface area contributed by atoms with Crippen LogP contribution < -0.4 is 11.1 Å². The summed E-state index contributed by atoms with van der Waals surface area (Å²) in [5.41, 5.74) is 6.79. The molecule has 88 valence electrons. The van der Waals surface area contributed by atoms with E-state index in [1.807, 2.05) is 0 Å². The summed E-state index contributed by atoms with van der Waals surface area (Å²) in [5.74, 6) is -0.128. The van der Waals surface area contributed by atoms with Crippen LogP contribution in [0.4, 0.5) is 5.69 Å². The highest BCUT2D eigenvalue weighted by atomic mass is 16.5. The molecule has 0 heterocycles. The number of aromatic hydroxyl groups is 1. The Labute approximate surface area is 94.2 Å². The second-order valence-corrected chi connectivity index (χ2v) is 3.45. The Morgan fingerprint density at radius 2 is 2.31 bits per heavy atom. The Morgan fingerprint density at radius 3 is 2.81 bits per heavy atom. The van der Waals surface area contributed by atoms with Crippen molar-refractivity contribution in [2.45, 2.75) is 13.0 Å². The highest BCUT2D eigenvalue weighted by molar-refractivity contribution is 5.95. The normalized spacial score (nSPS) is 12.2. The third-order valence-corrected chi connectivity index (χ3v) is 2.26. The van der Waals surface area contributed by atoms with Gasteiger partial charge in [-0.15, -0.1) is 0 Å². The summed E-state index contributed by atoms with van der Waals surface area (Å²) in [6.07, 6.45) is -0.659. The number of ether oxygens (including phenoxy) is 1. The highest BCUT2D eigenvalue weighted by Crippen LogP contribution is 2.20. The van der Waals surface area contributed by atoms with Crippen LogP contribution in [0.15, 0.2) is 18.2 Å². The summed E-state index contributed by atoms with van der Waals surface area (Å²) in [6.45, 7) is 1.92. The van der Waals surface area contributed by atoms with Crippen molar-refractivity contribution in [2.75, 3.05) is 19.0 Å². The Bertz CT molecular complexity index is 375. The molecule has 0 aliphatic carbocycles. The number of carbonyl (C=O) groups excluding carboxylic acids is 1. The molecule has 1 unspecified atom stereocenters. The van der Waals surface area contributed by atoms with E-state index in [0.29, 0.717) is 5.69 Å². The van der Waals surface area contributed by atoms with Gasteiger partial charge in [0.2, 0.25) is 0 Å². The highest BCUT2D eigenvalue weighted by Gasteiger charge is 2.16. The summed E-state index contributed by atoms with van der Waals surface area (Å²) in [4.78, 5) is 11.6. The third-order valence-electron chi connectivity index (χ3n) is 2.26. The number of hydrogen-bond donors (Lipinski definition) is 3. The van der Waals surface area contributed by atoms with Crippen molar-refractivity contribution in [3.63, 3.8) is 0 Å². The van der Waals surface area contributed by atoms with Crippen molar-refractivity contribution >= 4 is 11.6 Å². The van der Waals surface area contributed by atoms with Crippen LogP contribution in [0.25, 0.3) is 0 Å². The number of phenolic OH excluding ortho intramolecular Hbond substituents is 1. The molecule has 0 aliphatic heterocycles. The Balaban J connectivity index is 2.76. The van der Waals surface area contributed by atoms with Crippen molar-refractivity contribution in [1.29, 1.82) is 0 Å². The Morgan fingerprint density at radius 1 is 1.62 bits per heavy atom. The first-order valence-corrected chi connectivity index (χ1v) is 4.91. The lowest BCUT2D eigenvalue weighted by atomic mass is 10.2. The fourth-order valence-electron chi connectivity index (χ4n) is 1.31. The lowest BCUT2D eigenvalue weighted by molar-refractivity contribution is -0.125. The second kappa shape index (κ2) is 5.48. The summed E-state index contributed by atoms with van der Waals surface area (Å²) >= 11 is 0. The van der Waals surface area contributed by atoms with Gasteiger partial charge in [-0.25, -0.2) is 0 Å². The number of nitrogens with two attached hydrogens (primary N) is 1. The predicted octanol–water partition coefficient (Wildman–Crippen LogP) is 0.613. The molecule has 1 atom stereocenters. The lowest BCUT2D eigenvalue weighted by Gasteiger charge is -2.14. The number of amides is 1. The molecule has 1 aromatic carbocycles. The van der Waals surface area contributed by atoms with Crippen molar-refractivity contribution in [3.05, 3.63) is 23.8 Å². The van der Waals surface area contributed by atoms with Gasteiger partial charge in [0.15, 0.2) is 0 Å². The van der Waals surface area contributed by atoms with E-state index in [1.165, 1.54) is 13.2 Å². The molecule has 5 nitrogen and oxygen atoms in total. The van der Waals surface area contributed by atoms with E-state index in [1.54, 1.807) is 19.1 Å². The molecule has 16 heavy (non-hydrogen) atoms. The Kier molecular flexibility index (Phi) is 4.28. The van der Waals surface area contributed by atoms with Gasteiger partial charge >= 0.3 is 0 Å². The first-order valence-electron chi connectivity index (χ1n) is 4.91. The monoisotopic (exact) mass is 224 g/mol. The molecule has 1 rings (SSSR count). The Hall–Kier alpha value is -1.59. The number of aryl methyl sites for hydroxylation is 1. The molecule has 5 heteroatoms. The average molecular weight is 224 g/mol. The van der Waals surface area contributed by atoms with E-state index < -0.39 is 6.10 Å². The minimum Gasteiger partial charge on any atom is -0.508 e. The van der Waals surface area contributed by atoms with Crippen LogP contribution in [0.5, 0.6) is 5.75 Å². The van der Waals surface area contributed by atoms with Crippen LogP contribution in [0.3, 0.4) is 0 Å². The van der Waals surface area contributed by atoms with Crippen LogP contribution >= 0.6 is 0 Å². The zero-order valence-electron chi connectivity index (χ0n) is 9.36. The van der Waals surface area contributed by atoms with E-state index in [0.717, 1.165) is 5.56 Å². The average Bonchev–Trinajstić information content (AvgIpc) is 2.24. The van der Waals surface area contributed by atoms with Crippen LogP contribution in [0.1, 0.15) is 5.56 Å². The number of carbonyl (C=O) groups is 1. The molecule has 0 bridgehead atoms. The van der Waals surface area contributed by atoms with Gasteiger partial charge in [0, 0.05) is 19.3 Å². The lowest BCUT2D eigenvalue weighted by Crippen LogP contribution is -2.36. The first kappa shape index (κ1) is 12.5. The topological polar surface area (TPSA) is 84.6 Å². The number of anilines is 1. The van der Waals surface area contributed by atoms with Gasteiger partial charge in [0.05, 0.1) is 0 Å². The van der Waals surface area contributed by atoms with Gasteiger partial charge in [0.25, 0.3) is 5.91 Å². The molecule has 0 aromatic heterocycles. The molecule has 1 aromatic rings. The van der Waals surface area contributed by atoms with Gasteiger partial charge in [-0.1, -0.05) is 0 Å². The maximum atomic E-state index is 11.6. The predicted molar refractivity (Wildman–Crippen MR) is 61.3 cm³/mol. The minimum atomic E-state index is -0.659. The van der Waals surface area contributed by atoms with E-state index >= 15 is 0 Å². The zero-order chi connectivity index (χ0) is 12.1. The quantitative estimate of drug-likeness (QED) is 0.654. The van der Waals surface area contributed by atoms with Crippen molar-refractivity contribution in [3.8, 4) is 5.75 Å². The number of methoxy groups -OCH3 is 1. The summed E-state index contributed by atoms with van der Waals surface area (Å²) < 4.78 is 4.91. The maximum Gasteiger partial charge on any atom is 0.254 e. The van der Waals surface area contributed by atoms with E-state index in [4.69, 9.17) is 10.5 Å². The second-order valence-electron chi connectivity index (χ2n) is 3.45. The van der Waals surface area contributed by atoms with Crippen LogP contribution in [-0.2, 0) is 9.53 Å². The van der Waals surface area contributed by atoms with Gasteiger partial charge in [-0.05, 0) is 30.7 Å². The van der Waals surface area contributed by atoms with Gasteiger partial charge < -0.3 is 20.9 Å². The fraction of sp³-hybridized carbons (Fsp3) is 0.364. The molecule has 4 N–H and O–H groups in total. The molecule has 0 saturated carbocycles. The molecule has 0 fully saturated rings. The minimum absolute atomic E-state index is 0.124. The van der Waals surface area contributed by atoms with Crippen molar-refractivity contribution in [1.82, 2.24) is 0 Å². The van der Waals surface area contributed by atoms with Gasteiger partial charge in [-0.2, -0.15) is 0 Å². The van der Waals surface area contributed by atoms with Crippen molar-refractivity contribution in [2.24, 2.45) is 5.73 Å². The summed E-state index contributed by atoms with van der Waals surface area (Å²) in [5, 5.41) is 11.9. The van der Waals surface area contributed by atoms with Crippen LogP contribution in [0.2, 0.25) is 0 Å². The van der Waals surface area contributed by atoms with Gasteiger partial charge in [0.1, 0.15) is 11.9 Å². The number of nitrogens with one attached hydrogen (secondary N) is 1. The molecule has 1 amide bonds. The SMILES string of the molecule is COC(CN)C(=O)Nc1ccc(O)cc1C. The van der Waals surface area contributed by atoms with E-state index in [9.17, 15) is 9.90 Å². The standard InChI is InChI=1S/C11H16N2O3/c1-7-5-8(14)3-4-9(7)13-11(15)10(6-12)16-2/h3-5,10,14H,6,12H2,1-2H3,(H,13,15). The fourth-order valence-corrected chi connectivity index (χ4v) is 1.31. The molecular formula is C11H16N2O3. The molecule has 0 radical (unpaired) electrons. The zero-order valence-corrected chi connectivity index (χ0v) is 9.36. The molecular weight excluding hydrogens is 208 g/mol. The maximum absolute atomic E-state index is 11.6. The molecule has 0 saturated heterocycles. The number of hydrogen-bond acceptors (Lipinski definition) is 4. The molecule has 0 aliphatic rings.